The van der Waals surface area contributed by atoms with E-state index in [1.165, 1.54) is 7.48 Å². The minimum absolute atomic E-state index is 0.0279. The van der Waals surface area contributed by atoms with E-state index in [0.717, 1.165) is 17.7 Å². The molecule has 1 rings (SSSR count). The van der Waals surface area contributed by atoms with E-state index in [1.807, 2.05) is 24.3 Å². The van der Waals surface area contributed by atoms with Gasteiger partial charge in [-0.1, -0.05) is 18.2 Å². The first kappa shape index (κ1) is 16.3. The summed E-state index contributed by atoms with van der Waals surface area (Å²) in [5, 5.41) is 9.07. The van der Waals surface area contributed by atoms with Gasteiger partial charge >= 0.3 is 13.5 Å². The topological polar surface area (TPSA) is 81.8 Å². The van der Waals surface area contributed by atoms with Crippen LogP contribution in [-0.2, 0) is 15.9 Å². The Morgan fingerprint density at radius 2 is 2.15 bits per heavy atom. The molecule has 1 radical (unpaired) electrons. The zero-order chi connectivity index (χ0) is 14.8. The van der Waals surface area contributed by atoms with Crippen LogP contribution in [0.2, 0.25) is 5.82 Å². The summed E-state index contributed by atoms with van der Waals surface area (Å²) in [5.74, 6) is -0.902. The maximum atomic E-state index is 11.1. The summed E-state index contributed by atoms with van der Waals surface area (Å²) in [4.78, 5) is 11.1. The molecule has 0 aliphatic heterocycles. The van der Waals surface area contributed by atoms with Gasteiger partial charge in [0.25, 0.3) is 0 Å². The Labute approximate surface area is 119 Å². The van der Waals surface area contributed by atoms with E-state index in [-0.39, 0.29) is 6.73 Å². The summed E-state index contributed by atoms with van der Waals surface area (Å²) in [6, 6.07) is 7.33. The monoisotopic (exact) mass is 276 g/mol. The Balaban J connectivity index is 2.53. The molecule has 20 heavy (non-hydrogen) atoms. The van der Waals surface area contributed by atoms with Gasteiger partial charge in [0.15, 0.2) is 0 Å². The third kappa shape index (κ3) is 5.90. The van der Waals surface area contributed by atoms with Gasteiger partial charge in [-0.2, -0.15) is 0 Å². The van der Waals surface area contributed by atoms with E-state index in [9.17, 15) is 4.79 Å². The molecule has 3 N–H and O–H groups in total. The highest BCUT2D eigenvalue weighted by atomic mass is 16.5. The van der Waals surface area contributed by atoms with Crippen molar-refractivity contribution in [3.8, 4) is 5.75 Å². The number of rotatable bonds is 10. The molecular formula is C14H19BNO4. The molecule has 0 aromatic heterocycles. The number of aliphatic carboxylic acids is 1. The van der Waals surface area contributed by atoms with Crippen LogP contribution in [0.25, 0.3) is 0 Å². The second-order valence-corrected chi connectivity index (χ2v) is 4.19. The average molecular weight is 276 g/mol. The summed E-state index contributed by atoms with van der Waals surface area (Å²) in [6.45, 7) is 4.17. The van der Waals surface area contributed by atoms with Gasteiger partial charge in [-0.25, -0.2) is 0 Å². The minimum atomic E-state index is -0.940. The van der Waals surface area contributed by atoms with Crippen LogP contribution in [-0.4, -0.2) is 31.9 Å². The summed E-state index contributed by atoms with van der Waals surface area (Å²) in [7, 11) is 1.26. The fraction of sp³-hybridized carbons (Fsp3) is 0.357. The Morgan fingerprint density at radius 1 is 1.45 bits per heavy atom. The van der Waals surface area contributed by atoms with Crippen LogP contribution in [0, 0.1) is 0 Å². The number of hydrogen-bond donors (Lipinski definition) is 2. The molecule has 0 spiro atoms. The Morgan fingerprint density at radius 3 is 2.70 bits per heavy atom. The molecule has 1 aromatic rings. The fourth-order valence-electron chi connectivity index (χ4n) is 1.60. The van der Waals surface area contributed by atoms with Crippen LogP contribution >= 0.6 is 0 Å². The number of ether oxygens (including phenoxy) is 1. The zero-order valence-corrected chi connectivity index (χ0v) is 11.3. The average Bonchev–Trinajstić information content (AvgIpc) is 2.45. The lowest BCUT2D eigenvalue weighted by Crippen LogP contribution is -2.21. The van der Waals surface area contributed by atoms with Crippen molar-refractivity contribution in [2.45, 2.75) is 18.7 Å². The molecule has 0 saturated carbocycles. The number of carbonyl (C=O) groups is 1. The quantitative estimate of drug-likeness (QED) is 0.293. The molecule has 0 heterocycles. The van der Waals surface area contributed by atoms with Gasteiger partial charge in [-0.05, 0) is 30.5 Å². The van der Waals surface area contributed by atoms with Crippen LogP contribution < -0.4 is 10.5 Å². The maximum Gasteiger partial charge on any atom is 0.309 e. The molecule has 0 bridgehead atoms. The van der Waals surface area contributed by atoms with Gasteiger partial charge in [0.1, 0.15) is 5.75 Å². The molecular weight excluding hydrogens is 257 g/mol. The lowest BCUT2D eigenvalue weighted by molar-refractivity contribution is -0.137. The predicted octanol–water partition coefficient (Wildman–Crippen LogP) is 1.61. The van der Waals surface area contributed by atoms with Crippen molar-refractivity contribution in [1.82, 2.24) is 0 Å². The number of carboxylic acids is 1. The number of nitrogens with two attached hydrogens (primary N) is 1. The van der Waals surface area contributed by atoms with E-state index in [1.54, 1.807) is 6.08 Å². The molecule has 107 valence electrons. The van der Waals surface area contributed by atoms with Crippen molar-refractivity contribution in [2.24, 2.45) is 5.73 Å². The number of benzene rings is 1. The van der Waals surface area contributed by atoms with Crippen LogP contribution in [0.4, 0.5) is 0 Å². The van der Waals surface area contributed by atoms with Crippen molar-refractivity contribution in [1.29, 1.82) is 0 Å². The van der Waals surface area contributed by atoms with Crippen molar-refractivity contribution >= 4 is 13.5 Å². The zero-order valence-electron chi connectivity index (χ0n) is 11.3. The molecule has 0 fully saturated rings. The van der Waals surface area contributed by atoms with Crippen molar-refractivity contribution in [2.75, 3.05) is 13.3 Å². The summed E-state index contributed by atoms with van der Waals surface area (Å²) in [6.07, 6.45) is 2.93. The molecule has 1 aromatic carbocycles. The van der Waals surface area contributed by atoms with E-state index < -0.39 is 11.8 Å². The van der Waals surface area contributed by atoms with Gasteiger partial charge < -0.3 is 20.2 Å². The summed E-state index contributed by atoms with van der Waals surface area (Å²) < 4.78 is 10.3. The van der Waals surface area contributed by atoms with E-state index in [2.05, 4.69) is 6.58 Å². The normalized spacial score (nSPS) is 11.7. The first-order valence-electron chi connectivity index (χ1n) is 6.37. The van der Waals surface area contributed by atoms with Gasteiger partial charge in [0.2, 0.25) is 0 Å². The van der Waals surface area contributed by atoms with Gasteiger partial charge in [-0.3, -0.25) is 4.79 Å². The third-order valence-electron chi connectivity index (χ3n) is 2.64. The van der Waals surface area contributed by atoms with Crippen molar-refractivity contribution in [3.05, 3.63) is 42.5 Å². The SMILES string of the molecule is C=CCCOc1ccc(C[C@H]([B]OCN)C(=O)O)cc1. The molecule has 0 unspecified atom stereocenters. The van der Waals surface area contributed by atoms with E-state index in [4.69, 9.17) is 20.2 Å². The highest BCUT2D eigenvalue weighted by Gasteiger charge is 2.20. The fourth-order valence-corrected chi connectivity index (χ4v) is 1.60. The van der Waals surface area contributed by atoms with Gasteiger partial charge in [0.05, 0.1) is 19.2 Å². The summed E-state index contributed by atoms with van der Waals surface area (Å²) >= 11 is 0. The molecule has 0 aliphatic rings. The van der Waals surface area contributed by atoms with Gasteiger partial charge in [-0.15, -0.1) is 6.58 Å². The second-order valence-electron chi connectivity index (χ2n) is 4.19. The third-order valence-corrected chi connectivity index (χ3v) is 2.64. The highest BCUT2D eigenvalue weighted by molar-refractivity contribution is 6.36. The molecule has 1 atom stereocenters. The smallest absolute Gasteiger partial charge is 0.309 e. The lowest BCUT2D eigenvalue weighted by Gasteiger charge is -2.11. The molecule has 0 amide bonds. The van der Waals surface area contributed by atoms with Gasteiger partial charge in [0, 0.05) is 0 Å². The Kier molecular flexibility index (Phi) is 7.46. The van der Waals surface area contributed by atoms with E-state index in [0.29, 0.717) is 13.0 Å². The Hall–Kier alpha value is -1.79. The minimum Gasteiger partial charge on any atom is -0.493 e. The highest BCUT2D eigenvalue weighted by Crippen LogP contribution is 2.18. The maximum absolute atomic E-state index is 11.1. The van der Waals surface area contributed by atoms with Crippen molar-refractivity contribution in [3.63, 3.8) is 0 Å². The first-order chi connectivity index (χ1) is 9.67. The van der Waals surface area contributed by atoms with Crippen molar-refractivity contribution < 1.29 is 19.3 Å². The largest absolute Gasteiger partial charge is 0.493 e. The lowest BCUT2D eigenvalue weighted by atomic mass is 9.76. The van der Waals surface area contributed by atoms with Crippen LogP contribution in [0.5, 0.6) is 5.75 Å². The predicted molar refractivity (Wildman–Crippen MR) is 77.7 cm³/mol. The van der Waals surface area contributed by atoms with Crippen LogP contribution in [0.15, 0.2) is 36.9 Å². The standard InChI is InChI=1S/C14H19BNO4/c1-2-3-8-19-12-6-4-11(5-7-12)9-13(14(17)18)15-20-10-16/h2,4-7,13H,1,3,8-10,16H2,(H,17,18)/t13-/m0/s1. The van der Waals surface area contributed by atoms with Crippen LogP contribution in [0.1, 0.15) is 12.0 Å². The number of carboxylic acid groups (broad SMARTS) is 1. The van der Waals surface area contributed by atoms with E-state index >= 15 is 0 Å². The molecule has 5 nitrogen and oxygen atoms in total. The molecule has 6 heteroatoms. The first-order valence-corrected chi connectivity index (χ1v) is 6.37. The Bertz CT molecular complexity index is 422. The molecule has 0 saturated heterocycles. The molecule has 0 aliphatic carbocycles. The second kappa shape index (κ2) is 9.17. The summed E-state index contributed by atoms with van der Waals surface area (Å²) in [5.41, 5.74) is 6.07. The number of hydrogen-bond acceptors (Lipinski definition) is 4. The van der Waals surface area contributed by atoms with Crippen LogP contribution in [0.3, 0.4) is 0 Å².